The molecule has 1 aromatic carbocycles. The summed E-state index contributed by atoms with van der Waals surface area (Å²) in [6.45, 7) is 4.20. The average Bonchev–Trinajstić information content (AvgIpc) is 2.57. The third kappa shape index (κ3) is 4.64. The molecule has 120 valence electrons. The molecular weight excluding hydrogens is 294 g/mol. The quantitative estimate of drug-likeness (QED) is 0.463. The lowest BCUT2D eigenvalue weighted by molar-refractivity contribution is 0.0492. The van der Waals surface area contributed by atoms with Crippen LogP contribution in [0.2, 0.25) is 0 Å². The van der Waals surface area contributed by atoms with E-state index in [0.29, 0.717) is 12.4 Å². The van der Waals surface area contributed by atoms with Crippen molar-refractivity contribution < 1.29 is 19.1 Å². The van der Waals surface area contributed by atoms with Gasteiger partial charge in [-0.3, -0.25) is 0 Å². The lowest BCUT2D eigenvalue weighted by Gasteiger charge is -2.07. The third-order valence-corrected chi connectivity index (χ3v) is 3.19. The summed E-state index contributed by atoms with van der Waals surface area (Å²) < 4.78 is 10.4. The Morgan fingerprint density at radius 1 is 1.00 bits per heavy atom. The standard InChI is InChI=1S/C18H19NO4/c1-3-4-12-22-17(20)14-9-7-10-15(19-14)18(21)23-16-11-6-5-8-13(16)2/h5-11H,3-4,12H2,1-2H3. The molecule has 0 aliphatic carbocycles. The van der Waals surface area contributed by atoms with Crippen LogP contribution in [0.15, 0.2) is 42.5 Å². The molecule has 0 saturated heterocycles. The minimum Gasteiger partial charge on any atom is -0.461 e. The topological polar surface area (TPSA) is 65.5 Å². The third-order valence-electron chi connectivity index (χ3n) is 3.19. The SMILES string of the molecule is CCCCOC(=O)c1cccc(C(=O)Oc2ccccc2C)n1. The van der Waals surface area contributed by atoms with E-state index in [4.69, 9.17) is 9.47 Å². The van der Waals surface area contributed by atoms with Crippen LogP contribution in [-0.4, -0.2) is 23.5 Å². The highest BCUT2D eigenvalue weighted by atomic mass is 16.5. The fraction of sp³-hybridized carbons (Fsp3) is 0.278. The molecular formula is C18H19NO4. The molecule has 0 radical (unpaired) electrons. The fourth-order valence-corrected chi connectivity index (χ4v) is 1.87. The second kappa shape index (κ2) is 8.08. The molecule has 0 spiro atoms. The van der Waals surface area contributed by atoms with Gasteiger partial charge in [-0.2, -0.15) is 0 Å². The first-order valence-corrected chi connectivity index (χ1v) is 7.53. The number of carbonyl (C=O) groups excluding carboxylic acids is 2. The maximum atomic E-state index is 12.2. The van der Waals surface area contributed by atoms with Crippen molar-refractivity contribution in [1.82, 2.24) is 4.98 Å². The van der Waals surface area contributed by atoms with Crippen LogP contribution in [0.1, 0.15) is 46.3 Å². The summed E-state index contributed by atoms with van der Waals surface area (Å²) in [6, 6.07) is 11.8. The Balaban J connectivity index is 2.08. The van der Waals surface area contributed by atoms with Gasteiger partial charge in [0, 0.05) is 0 Å². The van der Waals surface area contributed by atoms with E-state index in [1.807, 2.05) is 26.0 Å². The van der Waals surface area contributed by atoms with Crippen molar-refractivity contribution in [3.8, 4) is 5.75 Å². The molecule has 23 heavy (non-hydrogen) atoms. The lowest BCUT2D eigenvalue weighted by atomic mass is 10.2. The number of pyridine rings is 1. The summed E-state index contributed by atoms with van der Waals surface area (Å²) >= 11 is 0. The number of rotatable bonds is 6. The van der Waals surface area contributed by atoms with Gasteiger partial charge in [-0.1, -0.05) is 37.6 Å². The number of benzene rings is 1. The highest BCUT2D eigenvalue weighted by molar-refractivity contribution is 5.92. The van der Waals surface area contributed by atoms with Crippen molar-refractivity contribution in [1.29, 1.82) is 0 Å². The normalized spacial score (nSPS) is 10.2. The van der Waals surface area contributed by atoms with Crippen molar-refractivity contribution in [3.05, 3.63) is 59.4 Å². The van der Waals surface area contributed by atoms with Crippen LogP contribution in [0.25, 0.3) is 0 Å². The highest BCUT2D eigenvalue weighted by Crippen LogP contribution is 2.17. The van der Waals surface area contributed by atoms with Crippen LogP contribution in [0.3, 0.4) is 0 Å². The zero-order valence-corrected chi connectivity index (χ0v) is 13.2. The molecule has 2 aromatic rings. The zero-order chi connectivity index (χ0) is 16.7. The van der Waals surface area contributed by atoms with Crippen LogP contribution in [-0.2, 0) is 4.74 Å². The van der Waals surface area contributed by atoms with Gasteiger partial charge in [-0.05, 0) is 37.1 Å². The van der Waals surface area contributed by atoms with Crippen molar-refractivity contribution in [2.24, 2.45) is 0 Å². The number of para-hydroxylation sites is 1. The van der Waals surface area contributed by atoms with Gasteiger partial charge >= 0.3 is 11.9 Å². The van der Waals surface area contributed by atoms with Gasteiger partial charge in [0.15, 0.2) is 0 Å². The second-order valence-corrected chi connectivity index (χ2v) is 5.05. The summed E-state index contributed by atoms with van der Waals surface area (Å²) in [4.78, 5) is 28.1. The zero-order valence-electron chi connectivity index (χ0n) is 13.2. The highest BCUT2D eigenvalue weighted by Gasteiger charge is 2.15. The molecule has 0 bridgehead atoms. The molecule has 0 N–H and O–H groups in total. The van der Waals surface area contributed by atoms with E-state index in [2.05, 4.69) is 4.98 Å². The monoisotopic (exact) mass is 313 g/mol. The van der Waals surface area contributed by atoms with E-state index in [1.54, 1.807) is 18.2 Å². The second-order valence-electron chi connectivity index (χ2n) is 5.05. The van der Waals surface area contributed by atoms with Gasteiger partial charge in [-0.25, -0.2) is 14.6 Å². The van der Waals surface area contributed by atoms with Gasteiger partial charge in [0.25, 0.3) is 0 Å². The van der Waals surface area contributed by atoms with Crippen molar-refractivity contribution >= 4 is 11.9 Å². The van der Waals surface area contributed by atoms with E-state index < -0.39 is 11.9 Å². The van der Waals surface area contributed by atoms with Crippen molar-refractivity contribution in [2.75, 3.05) is 6.61 Å². The number of hydrogen-bond donors (Lipinski definition) is 0. The Kier molecular flexibility index (Phi) is 5.86. The van der Waals surface area contributed by atoms with E-state index in [1.165, 1.54) is 12.1 Å². The van der Waals surface area contributed by atoms with Crippen LogP contribution in [0.4, 0.5) is 0 Å². The summed E-state index contributed by atoms with van der Waals surface area (Å²) in [5.41, 5.74) is 1.01. The van der Waals surface area contributed by atoms with Gasteiger partial charge in [-0.15, -0.1) is 0 Å². The molecule has 0 unspecified atom stereocenters. The smallest absolute Gasteiger partial charge is 0.362 e. The molecule has 0 atom stereocenters. The van der Waals surface area contributed by atoms with Gasteiger partial charge in [0.2, 0.25) is 0 Å². The fourth-order valence-electron chi connectivity index (χ4n) is 1.87. The van der Waals surface area contributed by atoms with E-state index in [-0.39, 0.29) is 11.4 Å². The number of aromatic nitrogens is 1. The molecule has 5 heteroatoms. The Bertz CT molecular complexity index is 697. The molecule has 0 fully saturated rings. The summed E-state index contributed by atoms with van der Waals surface area (Å²) in [5, 5.41) is 0. The number of nitrogens with zero attached hydrogens (tertiary/aromatic N) is 1. The largest absolute Gasteiger partial charge is 0.461 e. The summed E-state index contributed by atoms with van der Waals surface area (Å²) in [6.07, 6.45) is 1.73. The number of unbranched alkanes of at least 4 members (excludes halogenated alkanes) is 1. The minimum absolute atomic E-state index is 0.0678. The number of esters is 2. The van der Waals surface area contributed by atoms with Crippen LogP contribution < -0.4 is 4.74 Å². The van der Waals surface area contributed by atoms with E-state index >= 15 is 0 Å². The number of aryl methyl sites for hydroxylation is 1. The van der Waals surface area contributed by atoms with E-state index in [0.717, 1.165) is 18.4 Å². The first-order chi connectivity index (χ1) is 11.1. The molecule has 1 heterocycles. The summed E-state index contributed by atoms with van der Waals surface area (Å²) in [7, 11) is 0. The molecule has 1 aromatic heterocycles. The molecule has 2 rings (SSSR count). The maximum absolute atomic E-state index is 12.2. The first-order valence-electron chi connectivity index (χ1n) is 7.53. The van der Waals surface area contributed by atoms with Gasteiger partial charge in [0.05, 0.1) is 6.61 Å². The molecule has 0 saturated carbocycles. The van der Waals surface area contributed by atoms with E-state index in [9.17, 15) is 9.59 Å². The van der Waals surface area contributed by atoms with Crippen molar-refractivity contribution in [3.63, 3.8) is 0 Å². The first kappa shape index (κ1) is 16.7. The average molecular weight is 313 g/mol. The van der Waals surface area contributed by atoms with Crippen LogP contribution in [0.5, 0.6) is 5.75 Å². The van der Waals surface area contributed by atoms with Gasteiger partial charge in [0.1, 0.15) is 17.1 Å². The number of hydrogen-bond acceptors (Lipinski definition) is 5. The Hall–Kier alpha value is -2.69. The number of ether oxygens (including phenoxy) is 2. The maximum Gasteiger partial charge on any atom is 0.362 e. The Morgan fingerprint density at radius 3 is 2.39 bits per heavy atom. The minimum atomic E-state index is -0.609. The predicted molar refractivity (Wildman–Crippen MR) is 85.6 cm³/mol. The van der Waals surface area contributed by atoms with Gasteiger partial charge < -0.3 is 9.47 Å². The molecule has 5 nitrogen and oxygen atoms in total. The number of carbonyl (C=O) groups is 2. The van der Waals surface area contributed by atoms with Crippen LogP contribution >= 0.6 is 0 Å². The Morgan fingerprint density at radius 2 is 1.70 bits per heavy atom. The molecule has 0 aliphatic rings. The summed E-state index contributed by atoms with van der Waals surface area (Å²) in [5.74, 6) is -0.679. The molecule has 0 amide bonds. The van der Waals surface area contributed by atoms with Crippen LogP contribution in [0, 0.1) is 6.92 Å². The predicted octanol–water partition coefficient (Wildman–Crippen LogP) is 3.57. The lowest BCUT2D eigenvalue weighted by Crippen LogP contribution is -2.15. The Labute approximate surface area is 135 Å². The van der Waals surface area contributed by atoms with Crippen molar-refractivity contribution in [2.45, 2.75) is 26.7 Å². The molecule has 0 aliphatic heterocycles.